The fourth-order valence-corrected chi connectivity index (χ4v) is 1.98. The van der Waals surface area contributed by atoms with Crippen LogP contribution in [0.5, 0.6) is 0 Å². The van der Waals surface area contributed by atoms with E-state index in [1.807, 2.05) is 0 Å². The molecule has 0 aromatic heterocycles. The van der Waals surface area contributed by atoms with Gasteiger partial charge in [-0.1, -0.05) is 6.92 Å². The zero-order chi connectivity index (χ0) is 16.2. The number of hydrogen-bond acceptors (Lipinski definition) is 5. The van der Waals surface area contributed by atoms with Crippen LogP contribution in [0.4, 0.5) is 11.4 Å². The Morgan fingerprint density at radius 2 is 2.10 bits per heavy atom. The molecule has 0 aliphatic heterocycles. The van der Waals surface area contributed by atoms with Crippen molar-refractivity contribution in [3.63, 3.8) is 0 Å². The van der Waals surface area contributed by atoms with Gasteiger partial charge in [0, 0.05) is 32.8 Å². The van der Waals surface area contributed by atoms with Crippen LogP contribution in [0.1, 0.15) is 17.3 Å². The maximum Gasteiger partial charge on any atom is 0.338 e. The summed E-state index contributed by atoms with van der Waals surface area (Å²) < 4.78 is 0. The Bertz CT molecular complexity index is 573. The molecule has 2 N–H and O–H groups in total. The predicted octanol–water partition coefficient (Wildman–Crippen LogP) is 1.11. The molecule has 0 saturated carbocycles. The number of amides is 1. The number of nitro groups is 1. The second-order valence-corrected chi connectivity index (χ2v) is 4.66. The molecule has 0 bridgehead atoms. The minimum Gasteiger partial charge on any atom is -0.478 e. The third-order valence-corrected chi connectivity index (χ3v) is 3.07. The lowest BCUT2D eigenvalue weighted by atomic mass is 10.1. The Labute approximate surface area is 121 Å². The van der Waals surface area contributed by atoms with Crippen molar-refractivity contribution in [2.24, 2.45) is 5.92 Å². The number of carboxylic acid groups (broad SMARTS) is 1. The van der Waals surface area contributed by atoms with Crippen LogP contribution in [0.3, 0.4) is 0 Å². The van der Waals surface area contributed by atoms with Crippen molar-refractivity contribution >= 4 is 23.3 Å². The molecule has 21 heavy (non-hydrogen) atoms. The predicted molar refractivity (Wildman–Crippen MR) is 76.6 cm³/mol. The number of carbonyl (C=O) groups excluding carboxylic acids is 1. The number of anilines is 1. The average Bonchev–Trinajstić information content (AvgIpc) is 2.45. The third-order valence-electron chi connectivity index (χ3n) is 3.07. The highest BCUT2D eigenvalue weighted by molar-refractivity contribution is 5.95. The van der Waals surface area contributed by atoms with Gasteiger partial charge in [0.1, 0.15) is 0 Å². The van der Waals surface area contributed by atoms with Gasteiger partial charge in [-0.05, 0) is 6.07 Å². The average molecular weight is 295 g/mol. The normalized spacial score (nSPS) is 11.6. The Hall–Kier alpha value is -2.64. The van der Waals surface area contributed by atoms with Gasteiger partial charge >= 0.3 is 5.97 Å². The second kappa shape index (κ2) is 6.69. The molecule has 0 saturated heterocycles. The minimum atomic E-state index is -1.26. The van der Waals surface area contributed by atoms with Crippen molar-refractivity contribution in [2.75, 3.05) is 25.5 Å². The molecule has 1 unspecified atom stereocenters. The Morgan fingerprint density at radius 3 is 2.57 bits per heavy atom. The van der Waals surface area contributed by atoms with Crippen molar-refractivity contribution < 1.29 is 19.6 Å². The van der Waals surface area contributed by atoms with Gasteiger partial charge in [-0.15, -0.1) is 0 Å². The zero-order valence-corrected chi connectivity index (χ0v) is 12.0. The maximum atomic E-state index is 11.5. The van der Waals surface area contributed by atoms with Crippen molar-refractivity contribution in [1.82, 2.24) is 5.32 Å². The summed E-state index contributed by atoms with van der Waals surface area (Å²) >= 11 is 0. The first-order valence-corrected chi connectivity index (χ1v) is 6.22. The highest BCUT2D eigenvalue weighted by Gasteiger charge is 2.21. The number of carboxylic acids is 1. The van der Waals surface area contributed by atoms with Crippen LogP contribution >= 0.6 is 0 Å². The summed E-state index contributed by atoms with van der Waals surface area (Å²) in [5.41, 5.74) is -0.136. The van der Waals surface area contributed by atoms with E-state index in [-0.39, 0.29) is 29.6 Å². The SMILES string of the molecule is CNC(=O)C(C)CN(C)c1ccc([N+](=O)[O-])cc1C(=O)O. The molecule has 1 aromatic rings. The summed E-state index contributed by atoms with van der Waals surface area (Å²) in [7, 11) is 3.15. The quantitative estimate of drug-likeness (QED) is 0.600. The lowest BCUT2D eigenvalue weighted by Gasteiger charge is -2.24. The molecule has 0 aliphatic carbocycles. The van der Waals surface area contributed by atoms with Crippen LogP contribution in [0.25, 0.3) is 0 Å². The van der Waals surface area contributed by atoms with E-state index in [1.54, 1.807) is 18.9 Å². The van der Waals surface area contributed by atoms with E-state index in [4.69, 9.17) is 0 Å². The molecule has 0 fully saturated rings. The van der Waals surface area contributed by atoms with Crippen LogP contribution in [0, 0.1) is 16.0 Å². The molecule has 1 aromatic carbocycles. The van der Waals surface area contributed by atoms with E-state index in [0.29, 0.717) is 5.69 Å². The number of carbonyl (C=O) groups is 2. The third kappa shape index (κ3) is 3.91. The van der Waals surface area contributed by atoms with Crippen LogP contribution in [-0.4, -0.2) is 42.5 Å². The van der Waals surface area contributed by atoms with Crippen molar-refractivity contribution in [3.05, 3.63) is 33.9 Å². The molecule has 0 spiro atoms. The molecule has 0 aliphatic rings. The first-order chi connectivity index (χ1) is 9.77. The summed E-state index contributed by atoms with van der Waals surface area (Å²) in [6, 6.07) is 3.62. The van der Waals surface area contributed by atoms with Gasteiger partial charge < -0.3 is 15.3 Å². The lowest BCUT2D eigenvalue weighted by Crippen LogP contribution is -2.34. The van der Waals surface area contributed by atoms with E-state index in [2.05, 4.69) is 5.32 Å². The number of hydrogen-bond donors (Lipinski definition) is 2. The number of non-ortho nitro benzene ring substituents is 1. The number of nitrogens with zero attached hydrogens (tertiary/aromatic N) is 2. The number of rotatable bonds is 6. The van der Waals surface area contributed by atoms with Crippen LogP contribution in [0.15, 0.2) is 18.2 Å². The summed E-state index contributed by atoms with van der Waals surface area (Å²) in [6.07, 6.45) is 0. The molecule has 0 heterocycles. The number of nitro benzene ring substituents is 1. The molecule has 1 atom stereocenters. The maximum absolute atomic E-state index is 11.5. The van der Waals surface area contributed by atoms with Crippen LogP contribution in [-0.2, 0) is 4.79 Å². The fraction of sp³-hybridized carbons (Fsp3) is 0.385. The highest BCUT2D eigenvalue weighted by Crippen LogP contribution is 2.25. The summed E-state index contributed by atoms with van der Waals surface area (Å²) in [5, 5.41) is 22.4. The van der Waals surface area contributed by atoms with Gasteiger partial charge in [0.05, 0.1) is 22.1 Å². The summed E-state index contributed by atoms with van der Waals surface area (Å²) in [4.78, 5) is 34.4. The zero-order valence-electron chi connectivity index (χ0n) is 12.0. The first-order valence-electron chi connectivity index (χ1n) is 6.22. The largest absolute Gasteiger partial charge is 0.478 e. The molecular weight excluding hydrogens is 278 g/mol. The smallest absolute Gasteiger partial charge is 0.338 e. The number of nitrogens with one attached hydrogen (secondary N) is 1. The molecule has 1 rings (SSSR count). The standard InChI is InChI=1S/C13H17N3O5/c1-8(12(17)14-2)7-15(3)11-5-4-9(16(20)21)6-10(11)13(18)19/h4-6,8H,7H2,1-3H3,(H,14,17)(H,18,19). The van der Waals surface area contributed by atoms with E-state index in [1.165, 1.54) is 19.2 Å². The minimum absolute atomic E-state index is 0.166. The molecule has 114 valence electrons. The van der Waals surface area contributed by atoms with E-state index < -0.39 is 10.9 Å². The molecule has 0 radical (unpaired) electrons. The van der Waals surface area contributed by atoms with Crippen molar-refractivity contribution in [3.8, 4) is 0 Å². The highest BCUT2D eigenvalue weighted by atomic mass is 16.6. The monoisotopic (exact) mass is 295 g/mol. The Morgan fingerprint density at radius 1 is 1.48 bits per heavy atom. The topological polar surface area (TPSA) is 113 Å². The van der Waals surface area contributed by atoms with Gasteiger partial charge in [0.15, 0.2) is 0 Å². The number of benzene rings is 1. The number of aromatic carboxylic acids is 1. The van der Waals surface area contributed by atoms with E-state index >= 15 is 0 Å². The van der Waals surface area contributed by atoms with Crippen molar-refractivity contribution in [1.29, 1.82) is 0 Å². The summed E-state index contributed by atoms with van der Waals surface area (Å²) in [6.45, 7) is 2.00. The molecule has 1 amide bonds. The lowest BCUT2D eigenvalue weighted by molar-refractivity contribution is -0.384. The van der Waals surface area contributed by atoms with Gasteiger partial charge in [-0.2, -0.15) is 0 Å². The molecular formula is C13H17N3O5. The van der Waals surface area contributed by atoms with Gasteiger partial charge in [0.2, 0.25) is 5.91 Å². The summed E-state index contributed by atoms with van der Waals surface area (Å²) in [5.74, 6) is -1.77. The van der Waals surface area contributed by atoms with Gasteiger partial charge in [0.25, 0.3) is 5.69 Å². The fourth-order valence-electron chi connectivity index (χ4n) is 1.98. The van der Waals surface area contributed by atoms with Crippen LogP contribution in [0.2, 0.25) is 0 Å². The molecule has 8 heteroatoms. The molecule has 8 nitrogen and oxygen atoms in total. The first kappa shape index (κ1) is 16.4. The van der Waals surface area contributed by atoms with Crippen molar-refractivity contribution in [2.45, 2.75) is 6.92 Å². The Balaban J connectivity index is 3.08. The van der Waals surface area contributed by atoms with E-state index in [9.17, 15) is 24.8 Å². The van der Waals surface area contributed by atoms with Gasteiger partial charge in [-0.25, -0.2) is 4.79 Å². The van der Waals surface area contributed by atoms with Crippen LogP contribution < -0.4 is 10.2 Å². The second-order valence-electron chi connectivity index (χ2n) is 4.66. The Kier molecular flexibility index (Phi) is 5.23. The van der Waals surface area contributed by atoms with Gasteiger partial charge in [-0.3, -0.25) is 14.9 Å². The van der Waals surface area contributed by atoms with E-state index in [0.717, 1.165) is 6.07 Å².